The fraction of sp³-hybridized carbons (Fsp3) is 0.533. The van der Waals surface area contributed by atoms with Crippen LogP contribution in [0.1, 0.15) is 12.8 Å². The molecule has 0 unspecified atom stereocenters. The highest BCUT2D eigenvalue weighted by molar-refractivity contribution is 5.86. The van der Waals surface area contributed by atoms with Gasteiger partial charge in [0, 0.05) is 20.3 Å². The van der Waals surface area contributed by atoms with E-state index in [1.807, 2.05) is 30.3 Å². The molecule has 110 valence electrons. The van der Waals surface area contributed by atoms with Crippen LogP contribution in [0.3, 0.4) is 0 Å². The molecule has 0 saturated carbocycles. The number of hydrogen-bond acceptors (Lipinski definition) is 4. The van der Waals surface area contributed by atoms with E-state index in [1.165, 1.54) is 0 Å². The van der Waals surface area contributed by atoms with E-state index in [-0.39, 0.29) is 5.91 Å². The summed E-state index contributed by atoms with van der Waals surface area (Å²) in [4.78, 5) is 14.0. The van der Waals surface area contributed by atoms with Gasteiger partial charge in [-0.3, -0.25) is 4.79 Å². The average molecular weight is 278 g/mol. The number of para-hydroxylation sites is 1. The maximum absolute atomic E-state index is 12.4. The van der Waals surface area contributed by atoms with Gasteiger partial charge < -0.3 is 20.1 Å². The van der Waals surface area contributed by atoms with Crippen molar-refractivity contribution < 1.29 is 14.3 Å². The Labute approximate surface area is 119 Å². The van der Waals surface area contributed by atoms with E-state index in [0.717, 1.165) is 5.75 Å². The highest BCUT2D eigenvalue weighted by Gasteiger charge is 2.37. The monoisotopic (exact) mass is 278 g/mol. The average Bonchev–Trinajstić information content (AvgIpc) is 2.48. The fourth-order valence-corrected chi connectivity index (χ4v) is 2.25. The van der Waals surface area contributed by atoms with Crippen LogP contribution in [-0.2, 0) is 9.53 Å². The second-order valence-corrected chi connectivity index (χ2v) is 5.16. The molecule has 0 aromatic heterocycles. The Bertz CT molecular complexity index is 430. The molecular weight excluding hydrogens is 256 g/mol. The third-order valence-corrected chi connectivity index (χ3v) is 3.60. The molecule has 1 saturated heterocycles. The third kappa shape index (κ3) is 3.71. The van der Waals surface area contributed by atoms with E-state index >= 15 is 0 Å². The van der Waals surface area contributed by atoms with Gasteiger partial charge in [0.1, 0.15) is 12.4 Å². The molecule has 1 aromatic rings. The summed E-state index contributed by atoms with van der Waals surface area (Å²) >= 11 is 0. The van der Waals surface area contributed by atoms with E-state index < -0.39 is 5.54 Å². The lowest BCUT2D eigenvalue weighted by Crippen LogP contribution is -2.57. The molecule has 2 rings (SSSR count). The summed E-state index contributed by atoms with van der Waals surface area (Å²) in [6, 6.07) is 9.56. The summed E-state index contributed by atoms with van der Waals surface area (Å²) in [6.07, 6.45) is 1.16. The first-order valence-corrected chi connectivity index (χ1v) is 6.92. The smallest absolute Gasteiger partial charge is 0.242 e. The van der Waals surface area contributed by atoms with Crippen molar-refractivity contribution in [3.05, 3.63) is 30.3 Å². The Hall–Kier alpha value is -1.59. The zero-order valence-corrected chi connectivity index (χ0v) is 11.9. The molecule has 2 N–H and O–H groups in total. The Balaban J connectivity index is 1.79. The van der Waals surface area contributed by atoms with Gasteiger partial charge in [0.2, 0.25) is 5.91 Å². The van der Waals surface area contributed by atoms with Crippen molar-refractivity contribution in [3.8, 4) is 5.75 Å². The molecule has 0 spiro atoms. The topological polar surface area (TPSA) is 64.8 Å². The standard InChI is InChI=1S/C15H22N2O3/c1-17(9-12-20-13-5-3-2-4-6-13)14(18)15(16)7-10-19-11-8-15/h2-6H,7-12,16H2,1H3. The van der Waals surface area contributed by atoms with Crippen molar-refractivity contribution in [1.82, 2.24) is 4.90 Å². The maximum Gasteiger partial charge on any atom is 0.242 e. The number of benzene rings is 1. The lowest BCUT2D eigenvalue weighted by molar-refractivity contribution is -0.139. The summed E-state index contributed by atoms with van der Waals surface area (Å²) in [6.45, 7) is 2.08. The SMILES string of the molecule is CN(CCOc1ccccc1)C(=O)C1(N)CCOCC1. The van der Waals surface area contributed by atoms with Crippen LogP contribution in [0.25, 0.3) is 0 Å². The number of hydrogen-bond donors (Lipinski definition) is 1. The largest absolute Gasteiger partial charge is 0.492 e. The van der Waals surface area contributed by atoms with E-state index in [1.54, 1.807) is 11.9 Å². The normalized spacial score (nSPS) is 17.5. The van der Waals surface area contributed by atoms with Gasteiger partial charge in [0.05, 0.1) is 12.1 Å². The van der Waals surface area contributed by atoms with E-state index in [2.05, 4.69) is 0 Å². The van der Waals surface area contributed by atoms with Crippen molar-refractivity contribution >= 4 is 5.91 Å². The molecule has 1 aliphatic rings. The number of carbonyl (C=O) groups excluding carboxylic acids is 1. The van der Waals surface area contributed by atoms with Crippen LogP contribution >= 0.6 is 0 Å². The summed E-state index contributed by atoms with van der Waals surface area (Å²) in [7, 11) is 1.76. The molecular formula is C15H22N2O3. The fourth-order valence-electron chi connectivity index (χ4n) is 2.25. The van der Waals surface area contributed by atoms with Crippen LogP contribution in [0.5, 0.6) is 5.75 Å². The summed E-state index contributed by atoms with van der Waals surface area (Å²) in [5, 5.41) is 0. The van der Waals surface area contributed by atoms with Gasteiger partial charge in [-0.1, -0.05) is 18.2 Å². The number of nitrogens with zero attached hydrogens (tertiary/aromatic N) is 1. The molecule has 20 heavy (non-hydrogen) atoms. The number of amides is 1. The Morgan fingerprint density at radius 1 is 1.35 bits per heavy atom. The highest BCUT2D eigenvalue weighted by Crippen LogP contribution is 2.20. The van der Waals surface area contributed by atoms with Crippen LogP contribution in [0.15, 0.2) is 30.3 Å². The minimum absolute atomic E-state index is 0.0301. The molecule has 1 aliphatic heterocycles. The van der Waals surface area contributed by atoms with Crippen LogP contribution < -0.4 is 10.5 Å². The molecule has 1 heterocycles. The number of nitrogens with two attached hydrogens (primary N) is 1. The van der Waals surface area contributed by atoms with Crippen molar-refractivity contribution in [2.75, 3.05) is 33.4 Å². The van der Waals surface area contributed by atoms with E-state index in [4.69, 9.17) is 15.2 Å². The lowest BCUT2D eigenvalue weighted by atomic mass is 9.90. The number of likely N-dealkylation sites (N-methyl/N-ethyl adjacent to an activating group) is 1. The van der Waals surface area contributed by atoms with E-state index in [9.17, 15) is 4.79 Å². The highest BCUT2D eigenvalue weighted by atomic mass is 16.5. The molecule has 0 bridgehead atoms. The summed E-state index contributed by atoms with van der Waals surface area (Å²) in [5.74, 6) is 0.777. The molecule has 0 radical (unpaired) electrons. The predicted molar refractivity (Wildman–Crippen MR) is 76.5 cm³/mol. The zero-order valence-electron chi connectivity index (χ0n) is 11.9. The van der Waals surface area contributed by atoms with Crippen LogP contribution in [-0.4, -0.2) is 49.8 Å². The third-order valence-electron chi connectivity index (χ3n) is 3.60. The molecule has 5 heteroatoms. The van der Waals surface area contributed by atoms with Gasteiger partial charge in [-0.2, -0.15) is 0 Å². The Morgan fingerprint density at radius 3 is 2.65 bits per heavy atom. The minimum Gasteiger partial charge on any atom is -0.492 e. The first-order valence-electron chi connectivity index (χ1n) is 6.92. The van der Waals surface area contributed by atoms with Gasteiger partial charge in [0.25, 0.3) is 0 Å². The van der Waals surface area contributed by atoms with E-state index in [0.29, 0.717) is 39.2 Å². The first-order chi connectivity index (χ1) is 9.62. The number of rotatable bonds is 5. The maximum atomic E-state index is 12.4. The second kappa shape index (κ2) is 6.72. The lowest BCUT2D eigenvalue weighted by Gasteiger charge is -2.35. The molecule has 1 amide bonds. The van der Waals surface area contributed by atoms with Gasteiger partial charge in [0.15, 0.2) is 0 Å². The van der Waals surface area contributed by atoms with Gasteiger partial charge in [-0.25, -0.2) is 0 Å². The summed E-state index contributed by atoms with van der Waals surface area (Å²) < 4.78 is 10.8. The molecule has 0 atom stereocenters. The quantitative estimate of drug-likeness (QED) is 0.874. The van der Waals surface area contributed by atoms with Gasteiger partial charge in [-0.05, 0) is 25.0 Å². The summed E-state index contributed by atoms with van der Waals surface area (Å²) in [5.41, 5.74) is 5.40. The van der Waals surface area contributed by atoms with Crippen LogP contribution in [0, 0.1) is 0 Å². The minimum atomic E-state index is -0.778. The number of carbonyl (C=O) groups is 1. The molecule has 0 aliphatic carbocycles. The van der Waals surface area contributed by atoms with Gasteiger partial charge >= 0.3 is 0 Å². The van der Waals surface area contributed by atoms with Crippen molar-refractivity contribution in [2.24, 2.45) is 5.73 Å². The zero-order chi connectivity index (χ0) is 14.4. The van der Waals surface area contributed by atoms with Crippen molar-refractivity contribution in [2.45, 2.75) is 18.4 Å². The molecule has 1 aromatic carbocycles. The van der Waals surface area contributed by atoms with Crippen LogP contribution in [0.2, 0.25) is 0 Å². The Morgan fingerprint density at radius 2 is 2.00 bits per heavy atom. The Kier molecular flexibility index (Phi) is 4.98. The molecule has 5 nitrogen and oxygen atoms in total. The second-order valence-electron chi connectivity index (χ2n) is 5.16. The molecule has 1 fully saturated rings. The first kappa shape index (κ1) is 14.8. The van der Waals surface area contributed by atoms with Crippen molar-refractivity contribution in [3.63, 3.8) is 0 Å². The van der Waals surface area contributed by atoms with Crippen molar-refractivity contribution in [1.29, 1.82) is 0 Å². The predicted octanol–water partition coefficient (Wildman–Crippen LogP) is 1.03. The van der Waals surface area contributed by atoms with Crippen LogP contribution in [0.4, 0.5) is 0 Å². The number of ether oxygens (including phenoxy) is 2. The van der Waals surface area contributed by atoms with Gasteiger partial charge in [-0.15, -0.1) is 0 Å².